The van der Waals surface area contributed by atoms with Gasteiger partial charge in [0.2, 0.25) is 5.91 Å². The smallest absolute Gasteiger partial charge is 0.226 e. The van der Waals surface area contributed by atoms with Gasteiger partial charge >= 0.3 is 0 Å². The first kappa shape index (κ1) is 19.7. The van der Waals surface area contributed by atoms with Crippen LogP contribution in [0.15, 0.2) is 23.4 Å². The van der Waals surface area contributed by atoms with E-state index < -0.39 is 0 Å². The summed E-state index contributed by atoms with van der Waals surface area (Å²) >= 11 is 1.62. The third kappa shape index (κ3) is 4.64. The van der Waals surface area contributed by atoms with Crippen molar-refractivity contribution in [2.45, 2.75) is 37.8 Å². The van der Waals surface area contributed by atoms with E-state index in [1.54, 1.807) is 18.9 Å². The predicted octanol–water partition coefficient (Wildman–Crippen LogP) is 2.88. The zero-order valence-corrected chi connectivity index (χ0v) is 17.4. The van der Waals surface area contributed by atoms with Crippen molar-refractivity contribution >= 4 is 17.7 Å². The number of benzene rings is 1. The SMILES string of the molecule is COc1ccc(CC(=O)N2CCC(Cc3nnc(SC)n3C)CC2)cc1C. The number of piperidine rings is 1. The van der Waals surface area contributed by atoms with Gasteiger partial charge < -0.3 is 14.2 Å². The van der Waals surface area contributed by atoms with Gasteiger partial charge in [0, 0.05) is 26.6 Å². The van der Waals surface area contributed by atoms with Crippen molar-refractivity contribution in [3.63, 3.8) is 0 Å². The van der Waals surface area contributed by atoms with E-state index in [0.29, 0.717) is 12.3 Å². The molecular weight excluding hydrogens is 360 g/mol. The molecule has 2 aromatic rings. The molecule has 0 atom stereocenters. The van der Waals surface area contributed by atoms with Gasteiger partial charge in [0.05, 0.1) is 13.5 Å². The minimum Gasteiger partial charge on any atom is -0.496 e. The Morgan fingerprint density at radius 3 is 2.63 bits per heavy atom. The van der Waals surface area contributed by atoms with Gasteiger partial charge in [-0.1, -0.05) is 23.9 Å². The highest BCUT2D eigenvalue weighted by atomic mass is 32.2. The summed E-state index contributed by atoms with van der Waals surface area (Å²) in [4.78, 5) is 14.7. The number of aryl methyl sites for hydroxylation is 1. The number of likely N-dealkylation sites (tertiary alicyclic amines) is 1. The molecule has 1 aromatic carbocycles. The average Bonchev–Trinajstić information content (AvgIpc) is 3.02. The van der Waals surface area contributed by atoms with Crippen LogP contribution in [-0.2, 0) is 24.7 Å². The maximum atomic E-state index is 12.7. The van der Waals surface area contributed by atoms with Gasteiger partial charge in [-0.2, -0.15) is 0 Å². The van der Waals surface area contributed by atoms with E-state index in [4.69, 9.17) is 4.74 Å². The van der Waals surface area contributed by atoms with Crippen molar-refractivity contribution in [3.8, 4) is 5.75 Å². The van der Waals surface area contributed by atoms with E-state index in [1.807, 2.05) is 43.3 Å². The zero-order valence-electron chi connectivity index (χ0n) is 16.6. The van der Waals surface area contributed by atoms with E-state index in [0.717, 1.165) is 60.2 Å². The van der Waals surface area contributed by atoms with Crippen LogP contribution in [0.25, 0.3) is 0 Å². The molecule has 0 radical (unpaired) electrons. The Bertz CT molecular complexity index is 797. The van der Waals surface area contributed by atoms with E-state index >= 15 is 0 Å². The van der Waals surface area contributed by atoms with Crippen LogP contribution < -0.4 is 4.74 Å². The Balaban J connectivity index is 1.51. The number of hydrogen-bond acceptors (Lipinski definition) is 5. The van der Waals surface area contributed by atoms with Crippen LogP contribution in [0, 0.1) is 12.8 Å². The highest BCUT2D eigenvalue weighted by Gasteiger charge is 2.24. The van der Waals surface area contributed by atoms with Gasteiger partial charge in [-0.3, -0.25) is 4.79 Å². The molecule has 146 valence electrons. The van der Waals surface area contributed by atoms with E-state index in [1.165, 1.54) is 0 Å². The third-order valence-electron chi connectivity index (χ3n) is 5.36. The molecule has 1 aromatic heterocycles. The van der Waals surface area contributed by atoms with Crippen molar-refractivity contribution in [1.29, 1.82) is 0 Å². The molecule has 7 heteroatoms. The molecule has 27 heavy (non-hydrogen) atoms. The summed E-state index contributed by atoms with van der Waals surface area (Å²) in [7, 11) is 3.69. The van der Waals surface area contributed by atoms with Crippen LogP contribution >= 0.6 is 11.8 Å². The molecule has 0 unspecified atom stereocenters. The molecule has 0 bridgehead atoms. The fourth-order valence-electron chi connectivity index (χ4n) is 3.68. The summed E-state index contributed by atoms with van der Waals surface area (Å²) in [6, 6.07) is 5.96. The molecule has 0 aliphatic carbocycles. The normalized spacial score (nSPS) is 15.2. The largest absolute Gasteiger partial charge is 0.496 e. The van der Waals surface area contributed by atoms with Crippen molar-refractivity contribution in [1.82, 2.24) is 19.7 Å². The highest BCUT2D eigenvalue weighted by Crippen LogP contribution is 2.24. The van der Waals surface area contributed by atoms with Crippen LogP contribution in [0.2, 0.25) is 0 Å². The minimum absolute atomic E-state index is 0.210. The standard InChI is InChI=1S/C20H28N4O2S/c1-14-11-16(5-6-17(14)26-3)13-19(25)24-9-7-15(8-10-24)12-18-21-22-20(27-4)23(18)2/h5-6,11,15H,7-10,12-13H2,1-4H3. The summed E-state index contributed by atoms with van der Waals surface area (Å²) in [5, 5.41) is 9.48. The summed E-state index contributed by atoms with van der Waals surface area (Å²) in [6.07, 6.45) is 5.45. The lowest BCUT2D eigenvalue weighted by Crippen LogP contribution is -2.39. The molecule has 0 N–H and O–H groups in total. The second-order valence-electron chi connectivity index (χ2n) is 7.17. The number of aromatic nitrogens is 3. The van der Waals surface area contributed by atoms with Gasteiger partial charge in [-0.25, -0.2) is 0 Å². The molecule has 6 nitrogen and oxygen atoms in total. The summed E-state index contributed by atoms with van der Waals surface area (Å²) < 4.78 is 7.37. The van der Waals surface area contributed by atoms with Gasteiger partial charge in [0.1, 0.15) is 11.6 Å². The minimum atomic E-state index is 0.210. The molecule has 2 heterocycles. The predicted molar refractivity (Wildman–Crippen MR) is 107 cm³/mol. The molecule has 1 aliphatic heterocycles. The Morgan fingerprint density at radius 1 is 1.30 bits per heavy atom. The lowest BCUT2D eigenvalue weighted by Gasteiger charge is -2.32. The quantitative estimate of drug-likeness (QED) is 0.712. The highest BCUT2D eigenvalue weighted by molar-refractivity contribution is 7.98. The molecule has 1 aliphatic rings. The first-order valence-corrected chi connectivity index (χ1v) is 10.6. The van der Waals surface area contributed by atoms with E-state index in [9.17, 15) is 4.79 Å². The monoisotopic (exact) mass is 388 g/mol. The van der Waals surface area contributed by atoms with Gasteiger partial charge in [0.25, 0.3) is 0 Å². The molecule has 1 fully saturated rings. The third-order valence-corrected chi connectivity index (χ3v) is 6.08. The topological polar surface area (TPSA) is 60.2 Å². The number of thioether (sulfide) groups is 1. The Hall–Kier alpha value is -2.02. The van der Waals surface area contributed by atoms with Crippen molar-refractivity contribution in [2.24, 2.45) is 13.0 Å². The van der Waals surface area contributed by atoms with Gasteiger partial charge in [-0.05, 0) is 49.1 Å². The number of ether oxygens (including phenoxy) is 1. The first-order chi connectivity index (χ1) is 13.0. The van der Waals surface area contributed by atoms with Crippen LogP contribution in [-0.4, -0.2) is 52.0 Å². The summed E-state index contributed by atoms with van der Waals surface area (Å²) in [5.74, 6) is 2.68. The number of hydrogen-bond donors (Lipinski definition) is 0. The van der Waals surface area contributed by atoms with Crippen molar-refractivity contribution in [3.05, 3.63) is 35.2 Å². The number of nitrogens with zero attached hydrogens (tertiary/aromatic N) is 4. The molecule has 1 saturated heterocycles. The summed E-state index contributed by atoms with van der Waals surface area (Å²) in [6.45, 7) is 3.66. The number of methoxy groups -OCH3 is 1. The molecular formula is C20H28N4O2S. The van der Waals surface area contributed by atoms with Crippen LogP contribution in [0.4, 0.5) is 0 Å². The van der Waals surface area contributed by atoms with Gasteiger partial charge in [0.15, 0.2) is 5.16 Å². The maximum absolute atomic E-state index is 12.7. The first-order valence-electron chi connectivity index (χ1n) is 9.35. The molecule has 3 rings (SSSR count). The van der Waals surface area contributed by atoms with Crippen LogP contribution in [0.3, 0.4) is 0 Å². The van der Waals surface area contributed by atoms with E-state index in [2.05, 4.69) is 14.8 Å². The average molecular weight is 389 g/mol. The lowest BCUT2D eigenvalue weighted by molar-refractivity contribution is -0.131. The Morgan fingerprint density at radius 2 is 2.04 bits per heavy atom. The molecule has 0 saturated carbocycles. The Labute approximate surface area is 165 Å². The molecule has 1 amide bonds. The Kier molecular flexibility index (Phi) is 6.42. The number of carbonyl (C=O) groups is 1. The zero-order chi connectivity index (χ0) is 19.4. The van der Waals surface area contributed by atoms with Crippen molar-refractivity contribution in [2.75, 3.05) is 26.5 Å². The second-order valence-corrected chi connectivity index (χ2v) is 7.94. The number of carbonyl (C=O) groups excluding carboxylic acids is 1. The second kappa shape index (κ2) is 8.78. The van der Waals surface area contributed by atoms with E-state index in [-0.39, 0.29) is 5.91 Å². The fourth-order valence-corrected chi connectivity index (χ4v) is 4.18. The number of amides is 1. The van der Waals surface area contributed by atoms with Crippen LogP contribution in [0.1, 0.15) is 29.8 Å². The maximum Gasteiger partial charge on any atom is 0.226 e. The fraction of sp³-hybridized carbons (Fsp3) is 0.550. The van der Waals surface area contributed by atoms with Crippen LogP contribution in [0.5, 0.6) is 5.75 Å². The number of rotatable bonds is 6. The van der Waals surface area contributed by atoms with Crippen molar-refractivity contribution < 1.29 is 9.53 Å². The summed E-state index contributed by atoms with van der Waals surface area (Å²) in [5.41, 5.74) is 2.11. The molecule has 0 spiro atoms. The lowest BCUT2D eigenvalue weighted by atomic mass is 9.93. The van der Waals surface area contributed by atoms with Gasteiger partial charge in [-0.15, -0.1) is 10.2 Å².